The van der Waals surface area contributed by atoms with Gasteiger partial charge in [0.05, 0.1) is 5.92 Å². The maximum atomic E-state index is 11.4. The summed E-state index contributed by atoms with van der Waals surface area (Å²) < 4.78 is 0. The average Bonchev–Trinajstić information content (AvgIpc) is 2.37. The van der Waals surface area contributed by atoms with Crippen molar-refractivity contribution in [3.8, 4) is 11.1 Å². The van der Waals surface area contributed by atoms with Crippen molar-refractivity contribution in [2.24, 2.45) is 0 Å². The fraction of sp³-hybridized carbons (Fsp3) is 0.188. The summed E-state index contributed by atoms with van der Waals surface area (Å²) in [4.78, 5) is 11.4. The van der Waals surface area contributed by atoms with Crippen molar-refractivity contribution in [3.63, 3.8) is 0 Å². The summed E-state index contributed by atoms with van der Waals surface area (Å²) in [5.41, 5.74) is 5.52. The quantitative estimate of drug-likeness (QED) is 0.826. The van der Waals surface area contributed by atoms with Crippen LogP contribution in [0.5, 0.6) is 0 Å². The van der Waals surface area contributed by atoms with Gasteiger partial charge in [-0.3, -0.25) is 4.79 Å². The lowest BCUT2D eigenvalue weighted by atomic mass is 9.78. The molecule has 0 radical (unpaired) electrons. The van der Waals surface area contributed by atoms with E-state index in [1.807, 2.05) is 30.3 Å². The molecule has 2 aromatic carbocycles. The number of carbonyl (C=O) groups is 1. The highest BCUT2D eigenvalue weighted by molar-refractivity contribution is 5.85. The van der Waals surface area contributed by atoms with Gasteiger partial charge in [-0.05, 0) is 35.6 Å². The van der Waals surface area contributed by atoms with Gasteiger partial charge in [-0.25, -0.2) is 0 Å². The Morgan fingerprint density at radius 3 is 2.72 bits per heavy atom. The minimum atomic E-state index is -0.742. The third-order valence-corrected chi connectivity index (χ3v) is 3.61. The van der Waals surface area contributed by atoms with Crippen LogP contribution < -0.4 is 0 Å². The Morgan fingerprint density at radius 1 is 1.17 bits per heavy atom. The summed E-state index contributed by atoms with van der Waals surface area (Å²) >= 11 is 0. The second-order valence-electron chi connectivity index (χ2n) is 4.84. The largest absolute Gasteiger partial charge is 0.481 e. The molecule has 0 spiro atoms. The van der Waals surface area contributed by atoms with E-state index < -0.39 is 11.9 Å². The van der Waals surface area contributed by atoms with Crippen LogP contribution >= 0.6 is 0 Å². The van der Waals surface area contributed by atoms with E-state index in [9.17, 15) is 9.90 Å². The van der Waals surface area contributed by atoms with Gasteiger partial charge < -0.3 is 5.11 Å². The van der Waals surface area contributed by atoms with E-state index in [1.165, 1.54) is 11.1 Å². The minimum Gasteiger partial charge on any atom is -0.481 e. The lowest BCUT2D eigenvalue weighted by Crippen LogP contribution is -2.19. The predicted octanol–water partition coefficient (Wildman–Crippen LogP) is 3.39. The number of hydrogen-bond acceptors (Lipinski definition) is 1. The Kier molecular flexibility index (Phi) is 2.44. The maximum absolute atomic E-state index is 11.4. The Morgan fingerprint density at radius 2 is 1.94 bits per heavy atom. The summed E-state index contributed by atoms with van der Waals surface area (Å²) in [7, 11) is 0. The van der Waals surface area contributed by atoms with Crippen molar-refractivity contribution in [2.75, 3.05) is 0 Å². The summed E-state index contributed by atoms with van der Waals surface area (Å²) in [5.74, 6) is -1.16. The predicted molar refractivity (Wildman–Crippen MR) is 70.7 cm³/mol. The number of benzene rings is 2. The molecule has 0 saturated carbocycles. The highest BCUT2D eigenvalue weighted by atomic mass is 16.4. The molecule has 3 rings (SSSR count). The topological polar surface area (TPSA) is 37.3 Å². The van der Waals surface area contributed by atoms with Gasteiger partial charge in [-0.2, -0.15) is 0 Å². The monoisotopic (exact) mass is 238 g/mol. The van der Waals surface area contributed by atoms with Crippen LogP contribution in [0.25, 0.3) is 11.1 Å². The zero-order valence-electron chi connectivity index (χ0n) is 10.2. The first-order valence-electron chi connectivity index (χ1n) is 6.08. The zero-order valence-corrected chi connectivity index (χ0v) is 10.2. The van der Waals surface area contributed by atoms with Gasteiger partial charge in [-0.15, -0.1) is 0 Å². The molecular formula is C16H14O2. The van der Waals surface area contributed by atoms with Gasteiger partial charge in [0, 0.05) is 0 Å². The van der Waals surface area contributed by atoms with E-state index in [1.54, 1.807) is 0 Å². The van der Waals surface area contributed by atoms with Crippen LogP contribution in [0, 0.1) is 6.92 Å². The van der Waals surface area contributed by atoms with Crippen molar-refractivity contribution in [2.45, 2.75) is 19.3 Å². The molecule has 2 nitrogen and oxygen atoms in total. The van der Waals surface area contributed by atoms with Gasteiger partial charge in [-0.1, -0.05) is 48.0 Å². The highest BCUT2D eigenvalue weighted by Gasteiger charge is 2.29. The molecule has 1 atom stereocenters. The van der Waals surface area contributed by atoms with Crippen LogP contribution in [0.15, 0.2) is 42.5 Å². The number of carboxylic acids is 1. The second-order valence-corrected chi connectivity index (χ2v) is 4.84. The lowest BCUT2D eigenvalue weighted by Gasteiger charge is -2.25. The lowest BCUT2D eigenvalue weighted by molar-refractivity contribution is -0.138. The standard InChI is InChI=1S/C16H14O2/c1-10-6-7-11-9-15(16(17)18)13-5-3-2-4-12(13)14(11)8-10/h2-8,15H,9H2,1H3,(H,17,18). The summed E-state index contributed by atoms with van der Waals surface area (Å²) in [5, 5.41) is 9.37. The summed E-state index contributed by atoms with van der Waals surface area (Å²) in [6.45, 7) is 2.06. The molecule has 0 amide bonds. The Hall–Kier alpha value is -2.09. The number of carboxylic acid groups (broad SMARTS) is 1. The van der Waals surface area contributed by atoms with Gasteiger partial charge >= 0.3 is 5.97 Å². The van der Waals surface area contributed by atoms with Gasteiger partial charge in [0.2, 0.25) is 0 Å². The first-order chi connectivity index (χ1) is 8.66. The molecule has 0 fully saturated rings. The number of rotatable bonds is 1. The molecule has 0 bridgehead atoms. The van der Waals surface area contributed by atoms with Crippen molar-refractivity contribution in [1.82, 2.24) is 0 Å². The molecule has 90 valence electrons. The Bertz CT molecular complexity index is 629. The third kappa shape index (κ3) is 1.61. The van der Waals surface area contributed by atoms with Crippen LogP contribution in [0.2, 0.25) is 0 Å². The molecule has 1 N–H and O–H groups in total. The fourth-order valence-electron chi connectivity index (χ4n) is 2.72. The van der Waals surface area contributed by atoms with Crippen LogP contribution in [0.3, 0.4) is 0 Å². The molecule has 2 aromatic rings. The van der Waals surface area contributed by atoms with Crippen LogP contribution in [-0.4, -0.2) is 11.1 Å². The van der Waals surface area contributed by atoms with Crippen LogP contribution in [0.1, 0.15) is 22.6 Å². The van der Waals surface area contributed by atoms with Crippen molar-refractivity contribution in [1.29, 1.82) is 0 Å². The minimum absolute atomic E-state index is 0.420. The molecule has 2 heteroatoms. The van der Waals surface area contributed by atoms with Crippen LogP contribution in [-0.2, 0) is 11.2 Å². The molecule has 0 saturated heterocycles. The molecule has 0 aliphatic heterocycles. The van der Waals surface area contributed by atoms with E-state index in [-0.39, 0.29) is 0 Å². The van der Waals surface area contributed by atoms with E-state index in [0.717, 1.165) is 16.7 Å². The van der Waals surface area contributed by atoms with Gasteiger partial charge in [0.1, 0.15) is 0 Å². The summed E-state index contributed by atoms with van der Waals surface area (Å²) in [6, 6.07) is 14.1. The number of fused-ring (bicyclic) bond motifs is 3. The molecule has 1 aliphatic carbocycles. The maximum Gasteiger partial charge on any atom is 0.311 e. The molecule has 18 heavy (non-hydrogen) atoms. The summed E-state index contributed by atoms with van der Waals surface area (Å²) in [6.07, 6.45) is 0.585. The van der Waals surface area contributed by atoms with Gasteiger partial charge in [0.25, 0.3) is 0 Å². The third-order valence-electron chi connectivity index (χ3n) is 3.61. The first-order valence-corrected chi connectivity index (χ1v) is 6.08. The van der Waals surface area contributed by atoms with Crippen LogP contribution in [0.4, 0.5) is 0 Å². The van der Waals surface area contributed by atoms with E-state index in [2.05, 4.69) is 19.1 Å². The number of aliphatic carboxylic acids is 1. The van der Waals surface area contributed by atoms with E-state index in [4.69, 9.17) is 0 Å². The number of hydrogen-bond donors (Lipinski definition) is 1. The highest BCUT2D eigenvalue weighted by Crippen LogP contribution is 2.39. The fourth-order valence-corrected chi connectivity index (χ4v) is 2.72. The Balaban J connectivity index is 2.26. The molecular weight excluding hydrogens is 224 g/mol. The zero-order chi connectivity index (χ0) is 12.7. The average molecular weight is 238 g/mol. The molecule has 1 aliphatic rings. The SMILES string of the molecule is Cc1ccc2c(c1)-c1ccccc1C(C(=O)O)C2. The van der Waals surface area contributed by atoms with Crippen molar-refractivity contribution in [3.05, 3.63) is 59.2 Å². The second kappa shape index (κ2) is 3.98. The van der Waals surface area contributed by atoms with Gasteiger partial charge in [0.15, 0.2) is 0 Å². The first kappa shape index (κ1) is 11.0. The molecule has 0 heterocycles. The van der Waals surface area contributed by atoms with Crippen molar-refractivity contribution < 1.29 is 9.90 Å². The van der Waals surface area contributed by atoms with E-state index >= 15 is 0 Å². The normalized spacial score (nSPS) is 16.8. The smallest absolute Gasteiger partial charge is 0.311 e. The Labute approximate surface area is 106 Å². The number of aryl methyl sites for hydroxylation is 1. The van der Waals surface area contributed by atoms with E-state index in [0.29, 0.717) is 6.42 Å². The van der Waals surface area contributed by atoms with Crippen molar-refractivity contribution >= 4 is 5.97 Å². The molecule has 1 unspecified atom stereocenters. The molecule has 0 aromatic heterocycles.